The minimum Gasteiger partial charge on any atom is -0.474 e. The number of benzene rings is 1. The molecule has 1 fully saturated rings. The molecule has 29 heavy (non-hydrogen) atoms. The average Bonchev–Trinajstić information content (AvgIpc) is 3.27. The van der Waals surface area contributed by atoms with E-state index in [0.29, 0.717) is 34.7 Å². The van der Waals surface area contributed by atoms with Gasteiger partial charge in [-0.2, -0.15) is 0 Å². The fraction of sp³-hybridized carbons (Fsp3) is 0.263. The van der Waals surface area contributed by atoms with Gasteiger partial charge in [0.15, 0.2) is 11.7 Å². The van der Waals surface area contributed by atoms with E-state index in [1.165, 1.54) is 17.7 Å². The molecular formula is C19H18ClN5O3S. The molecule has 0 unspecified atom stereocenters. The van der Waals surface area contributed by atoms with E-state index in [9.17, 15) is 9.59 Å². The molecule has 0 bridgehead atoms. The van der Waals surface area contributed by atoms with E-state index in [1.807, 2.05) is 18.2 Å². The highest BCUT2D eigenvalue weighted by atomic mass is 35.5. The van der Waals surface area contributed by atoms with Crippen molar-refractivity contribution in [2.24, 2.45) is 0 Å². The highest BCUT2D eigenvalue weighted by Gasteiger charge is 2.32. The van der Waals surface area contributed by atoms with E-state index >= 15 is 0 Å². The van der Waals surface area contributed by atoms with Gasteiger partial charge in [-0.05, 0) is 36.2 Å². The molecular weight excluding hydrogens is 414 g/mol. The van der Waals surface area contributed by atoms with Gasteiger partial charge in [-0.25, -0.2) is 9.97 Å². The zero-order valence-corrected chi connectivity index (χ0v) is 16.9. The lowest BCUT2D eigenvalue weighted by Gasteiger charge is -2.17. The Morgan fingerprint density at radius 2 is 2.21 bits per heavy atom. The van der Waals surface area contributed by atoms with Crippen LogP contribution in [0.4, 0.5) is 5.82 Å². The number of amides is 2. The van der Waals surface area contributed by atoms with Crippen LogP contribution < -0.4 is 15.8 Å². The van der Waals surface area contributed by atoms with E-state index in [4.69, 9.17) is 22.1 Å². The Hall–Kier alpha value is -2.91. The van der Waals surface area contributed by atoms with Crippen molar-refractivity contribution in [3.8, 4) is 5.06 Å². The summed E-state index contributed by atoms with van der Waals surface area (Å²) in [7, 11) is 0. The molecule has 1 atom stereocenters. The first-order valence-corrected chi connectivity index (χ1v) is 10.1. The minimum absolute atomic E-state index is 0.111. The first-order valence-electron chi connectivity index (χ1n) is 8.95. The summed E-state index contributed by atoms with van der Waals surface area (Å²) in [6.07, 6.45) is 1.97. The second kappa shape index (κ2) is 8.22. The maximum atomic E-state index is 12.7. The van der Waals surface area contributed by atoms with Crippen molar-refractivity contribution in [3.63, 3.8) is 0 Å². The summed E-state index contributed by atoms with van der Waals surface area (Å²) < 4.78 is 5.97. The maximum Gasteiger partial charge on any atom is 0.258 e. The molecule has 0 spiro atoms. The third-order valence-corrected chi connectivity index (χ3v) is 5.78. The van der Waals surface area contributed by atoms with E-state index in [2.05, 4.69) is 15.3 Å². The molecule has 0 radical (unpaired) electrons. The number of nitrogens with one attached hydrogen (secondary N) is 1. The number of hydrogen-bond donors (Lipinski definition) is 2. The Labute approximate surface area is 175 Å². The standard InChI is InChI=1S/C19H18ClN5O3S/c20-15-3-4-17(29-15)28-9-16(26)24-13-5-6-25(19(13)27)8-11-1-2-12-14(7-11)22-10-23-18(12)21/h1-4,7,10,13H,5-6,8-9H2,(H,24,26)(H2,21,22,23)/t13-/m0/s1. The van der Waals surface area contributed by atoms with Gasteiger partial charge in [0.1, 0.15) is 18.2 Å². The van der Waals surface area contributed by atoms with Crippen LogP contribution in [0.2, 0.25) is 4.34 Å². The molecule has 2 aromatic heterocycles. The number of fused-ring (bicyclic) bond motifs is 1. The summed E-state index contributed by atoms with van der Waals surface area (Å²) in [6.45, 7) is 0.844. The van der Waals surface area contributed by atoms with Crippen LogP contribution in [0, 0.1) is 0 Å². The van der Waals surface area contributed by atoms with Crippen LogP contribution >= 0.6 is 22.9 Å². The van der Waals surface area contributed by atoms with Crippen molar-refractivity contribution in [1.82, 2.24) is 20.2 Å². The van der Waals surface area contributed by atoms with Crippen LogP contribution in [0.15, 0.2) is 36.7 Å². The molecule has 10 heteroatoms. The number of halogens is 1. The summed E-state index contributed by atoms with van der Waals surface area (Å²) in [5.41, 5.74) is 7.52. The number of nitrogen functional groups attached to an aromatic ring is 1. The number of carbonyl (C=O) groups is 2. The molecule has 1 aliphatic rings. The predicted octanol–water partition coefficient (Wildman–Crippen LogP) is 2.22. The summed E-state index contributed by atoms with van der Waals surface area (Å²) in [4.78, 5) is 34.7. The summed E-state index contributed by atoms with van der Waals surface area (Å²) in [5.74, 6) is -0.0268. The Morgan fingerprint density at radius 3 is 3.00 bits per heavy atom. The highest BCUT2D eigenvalue weighted by molar-refractivity contribution is 7.17. The monoisotopic (exact) mass is 431 g/mol. The number of nitrogens with zero attached hydrogens (tertiary/aromatic N) is 3. The minimum atomic E-state index is -0.545. The molecule has 3 aromatic rings. The molecule has 0 saturated carbocycles. The smallest absolute Gasteiger partial charge is 0.258 e. The van der Waals surface area contributed by atoms with Crippen molar-refractivity contribution in [2.75, 3.05) is 18.9 Å². The average molecular weight is 432 g/mol. The molecule has 1 aromatic carbocycles. The summed E-state index contributed by atoms with van der Waals surface area (Å²) >= 11 is 7.08. The Morgan fingerprint density at radius 1 is 1.34 bits per heavy atom. The highest BCUT2D eigenvalue weighted by Crippen LogP contribution is 2.28. The maximum absolute atomic E-state index is 12.7. The van der Waals surface area contributed by atoms with Crippen molar-refractivity contribution < 1.29 is 14.3 Å². The lowest BCUT2D eigenvalue weighted by Crippen LogP contribution is -2.43. The number of thiophene rings is 1. The van der Waals surface area contributed by atoms with Gasteiger partial charge in [0, 0.05) is 18.5 Å². The normalized spacial score (nSPS) is 16.4. The predicted molar refractivity (Wildman–Crippen MR) is 111 cm³/mol. The van der Waals surface area contributed by atoms with Gasteiger partial charge < -0.3 is 20.7 Å². The molecule has 1 aliphatic heterocycles. The Kier molecular flexibility index (Phi) is 5.50. The van der Waals surface area contributed by atoms with Crippen LogP contribution in [0.25, 0.3) is 10.9 Å². The number of nitrogens with two attached hydrogens (primary N) is 1. The van der Waals surface area contributed by atoms with Crippen molar-refractivity contribution >= 4 is 51.5 Å². The molecule has 150 valence electrons. The number of carbonyl (C=O) groups excluding carboxylic acids is 2. The molecule has 8 nitrogen and oxygen atoms in total. The van der Waals surface area contributed by atoms with E-state index in [-0.39, 0.29) is 18.4 Å². The van der Waals surface area contributed by atoms with Crippen LogP contribution in [0.5, 0.6) is 5.06 Å². The number of likely N-dealkylation sites (tertiary alicyclic amines) is 1. The fourth-order valence-corrected chi connectivity index (χ4v) is 4.09. The Bertz CT molecular complexity index is 1070. The zero-order valence-electron chi connectivity index (χ0n) is 15.3. The van der Waals surface area contributed by atoms with E-state index in [1.54, 1.807) is 17.0 Å². The third kappa shape index (κ3) is 4.41. The topological polar surface area (TPSA) is 110 Å². The van der Waals surface area contributed by atoms with Gasteiger partial charge >= 0.3 is 0 Å². The van der Waals surface area contributed by atoms with Crippen LogP contribution in [-0.4, -0.2) is 45.9 Å². The first kappa shape index (κ1) is 19.4. The van der Waals surface area contributed by atoms with Crippen molar-refractivity contribution in [1.29, 1.82) is 0 Å². The number of anilines is 1. The molecule has 2 amide bonds. The van der Waals surface area contributed by atoms with Gasteiger partial charge in [0.25, 0.3) is 5.91 Å². The number of aromatic nitrogens is 2. The lowest BCUT2D eigenvalue weighted by molar-refractivity contribution is -0.133. The van der Waals surface area contributed by atoms with Gasteiger partial charge in [0.05, 0.1) is 9.85 Å². The number of rotatable bonds is 6. The van der Waals surface area contributed by atoms with E-state index < -0.39 is 6.04 Å². The van der Waals surface area contributed by atoms with E-state index in [0.717, 1.165) is 16.5 Å². The van der Waals surface area contributed by atoms with Crippen LogP contribution in [0.3, 0.4) is 0 Å². The van der Waals surface area contributed by atoms with Gasteiger partial charge in [-0.15, -0.1) is 0 Å². The summed E-state index contributed by atoms with van der Waals surface area (Å²) in [6, 6.07) is 8.51. The molecule has 3 heterocycles. The molecule has 1 saturated heterocycles. The third-order valence-electron chi connectivity index (χ3n) is 4.63. The van der Waals surface area contributed by atoms with Crippen molar-refractivity contribution in [3.05, 3.63) is 46.6 Å². The first-order chi connectivity index (χ1) is 14.0. The number of hydrogen-bond acceptors (Lipinski definition) is 7. The Balaban J connectivity index is 1.33. The SMILES string of the molecule is Nc1ncnc2cc(CN3CC[C@H](NC(=O)COc4ccc(Cl)s4)C3=O)ccc12. The second-order valence-electron chi connectivity index (χ2n) is 6.63. The van der Waals surface area contributed by atoms with Crippen molar-refractivity contribution in [2.45, 2.75) is 19.0 Å². The zero-order chi connectivity index (χ0) is 20.4. The molecule has 4 rings (SSSR count). The lowest BCUT2D eigenvalue weighted by atomic mass is 10.1. The van der Waals surface area contributed by atoms with Gasteiger partial charge in [0.2, 0.25) is 5.91 Å². The van der Waals surface area contributed by atoms with Gasteiger partial charge in [-0.3, -0.25) is 9.59 Å². The molecule has 3 N–H and O–H groups in total. The second-order valence-corrected chi connectivity index (χ2v) is 8.30. The number of ether oxygens (including phenoxy) is 1. The fourth-order valence-electron chi connectivity index (χ4n) is 3.22. The largest absolute Gasteiger partial charge is 0.474 e. The quantitative estimate of drug-likeness (QED) is 0.619. The summed E-state index contributed by atoms with van der Waals surface area (Å²) in [5, 5.41) is 4.08. The molecule has 0 aliphatic carbocycles. The van der Waals surface area contributed by atoms with Crippen LogP contribution in [-0.2, 0) is 16.1 Å². The van der Waals surface area contributed by atoms with Gasteiger partial charge in [-0.1, -0.05) is 29.0 Å². The van der Waals surface area contributed by atoms with Crippen LogP contribution in [0.1, 0.15) is 12.0 Å².